The van der Waals surface area contributed by atoms with Crippen LogP contribution in [0.3, 0.4) is 0 Å². The monoisotopic (exact) mass is 256 g/mol. The Kier molecular flexibility index (Phi) is 5.14. The van der Waals surface area contributed by atoms with E-state index in [1.165, 1.54) is 0 Å². The van der Waals surface area contributed by atoms with Crippen LogP contribution in [0.5, 0.6) is 0 Å². The molecule has 1 rings (SSSR count). The molecule has 1 aliphatic heterocycles. The van der Waals surface area contributed by atoms with Crippen molar-refractivity contribution >= 4 is 11.8 Å². The summed E-state index contributed by atoms with van der Waals surface area (Å²) in [5, 5.41) is 15.6. The van der Waals surface area contributed by atoms with E-state index in [1.807, 2.05) is 13.8 Å². The zero-order valence-corrected chi connectivity index (χ0v) is 11.5. The minimum Gasteiger partial charge on any atom is -0.388 e. The fourth-order valence-electron chi connectivity index (χ4n) is 2.03. The third kappa shape index (κ3) is 3.98. The van der Waals surface area contributed by atoms with Crippen molar-refractivity contribution in [2.24, 2.45) is 11.8 Å². The molecule has 1 heterocycles. The van der Waals surface area contributed by atoms with Crippen LogP contribution in [0.1, 0.15) is 40.0 Å². The van der Waals surface area contributed by atoms with Gasteiger partial charge in [0.05, 0.1) is 5.60 Å². The van der Waals surface area contributed by atoms with E-state index in [0.717, 1.165) is 6.42 Å². The van der Waals surface area contributed by atoms with Gasteiger partial charge in [-0.1, -0.05) is 20.3 Å². The summed E-state index contributed by atoms with van der Waals surface area (Å²) in [5.41, 5.74) is -0.901. The SMILES string of the molecule is CCC(C)C(C)(O)CNC(=O)C1CCNC(=O)C1. The van der Waals surface area contributed by atoms with Gasteiger partial charge in [-0.2, -0.15) is 0 Å². The Morgan fingerprint density at radius 2 is 2.33 bits per heavy atom. The maximum atomic E-state index is 11.9. The molecule has 5 nitrogen and oxygen atoms in total. The van der Waals surface area contributed by atoms with Gasteiger partial charge < -0.3 is 15.7 Å². The highest BCUT2D eigenvalue weighted by molar-refractivity contribution is 5.86. The molecule has 3 unspecified atom stereocenters. The average molecular weight is 256 g/mol. The fraction of sp³-hybridized carbons (Fsp3) is 0.846. The van der Waals surface area contributed by atoms with Crippen molar-refractivity contribution in [1.29, 1.82) is 0 Å². The second kappa shape index (κ2) is 6.18. The van der Waals surface area contributed by atoms with E-state index >= 15 is 0 Å². The summed E-state index contributed by atoms with van der Waals surface area (Å²) >= 11 is 0. The van der Waals surface area contributed by atoms with Gasteiger partial charge in [0.25, 0.3) is 0 Å². The average Bonchev–Trinajstić information content (AvgIpc) is 2.35. The molecule has 0 aromatic carbocycles. The lowest BCUT2D eigenvalue weighted by Gasteiger charge is -2.31. The highest BCUT2D eigenvalue weighted by Crippen LogP contribution is 2.19. The Morgan fingerprint density at radius 3 is 2.89 bits per heavy atom. The quantitative estimate of drug-likeness (QED) is 0.667. The van der Waals surface area contributed by atoms with E-state index in [2.05, 4.69) is 10.6 Å². The Labute approximate surface area is 108 Å². The molecule has 5 heteroatoms. The number of carbonyl (C=O) groups is 2. The second-order valence-corrected chi connectivity index (χ2v) is 5.42. The molecule has 1 fully saturated rings. The summed E-state index contributed by atoms with van der Waals surface area (Å²) < 4.78 is 0. The number of nitrogens with one attached hydrogen (secondary N) is 2. The van der Waals surface area contributed by atoms with Crippen molar-refractivity contribution in [2.45, 2.75) is 45.6 Å². The normalized spacial score (nSPS) is 24.9. The molecule has 0 bridgehead atoms. The van der Waals surface area contributed by atoms with Gasteiger partial charge in [0.1, 0.15) is 0 Å². The summed E-state index contributed by atoms with van der Waals surface area (Å²) in [4.78, 5) is 23.1. The smallest absolute Gasteiger partial charge is 0.223 e. The van der Waals surface area contributed by atoms with Gasteiger partial charge in [-0.3, -0.25) is 9.59 Å². The minimum atomic E-state index is -0.901. The topological polar surface area (TPSA) is 78.4 Å². The third-order valence-electron chi connectivity index (χ3n) is 3.91. The Hall–Kier alpha value is -1.10. The van der Waals surface area contributed by atoms with Crippen LogP contribution in [-0.2, 0) is 9.59 Å². The molecule has 0 aliphatic carbocycles. The number of hydrogen-bond acceptors (Lipinski definition) is 3. The summed E-state index contributed by atoms with van der Waals surface area (Å²) in [6.07, 6.45) is 1.77. The van der Waals surface area contributed by atoms with Crippen LogP contribution in [0.4, 0.5) is 0 Å². The molecule has 1 aliphatic rings. The molecule has 3 atom stereocenters. The van der Waals surface area contributed by atoms with Gasteiger partial charge in [0.15, 0.2) is 0 Å². The summed E-state index contributed by atoms with van der Waals surface area (Å²) in [5.74, 6) is -0.345. The van der Waals surface area contributed by atoms with Gasteiger partial charge in [0.2, 0.25) is 11.8 Å². The van der Waals surface area contributed by atoms with Gasteiger partial charge in [0, 0.05) is 25.4 Å². The molecule has 0 saturated carbocycles. The lowest BCUT2D eigenvalue weighted by atomic mass is 9.88. The van der Waals surface area contributed by atoms with Gasteiger partial charge in [-0.25, -0.2) is 0 Å². The first-order valence-electron chi connectivity index (χ1n) is 6.63. The zero-order valence-electron chi connectivity index (χ0n) is 11.5. The largest absolute Gasteiger partial charge is 0.388 e. The predicted molar refractivity (Wildman–Crippen MR) is 68.8 cm³/mol. The number of carbonyl (C=O) groups excluding carboxylic acids is 2. The van der Waals surface area contributed by atoms with Gasteiger partial charge in [-0.05, 0) is 19.3 Å². The number of hydrogen-bond donors (Lipinski definition) is 3. The highest BCUT2D eigenvalue weighted by Gasteiger charge is 2.30. The fourth-order valence-corrected chi connectivity index (χ4v) is 2.03. The van der Waals surface area contributed by atoms with E-state index in [4.69, 9.17) is 0 Å². The predicted octanol–water partition coefficient (Wildman–Crippen LogP) is 0.426. The van der Waals surface area contributed by atoms with Crippen LogP contribution < -0.4 is 10.6 Å². The van der Waals surface area contributed by atoms with Crippen molar-refractivity contribution in [3.05, 3.63) is 0 Å². The molecular weight excluding hydrogens is 232 g/mol. The minimum absolute atomic E-state index is 0.0740. The number of rotatable bonds is 5. The summed E-state index contributed by atoms with van der Waals surface area (Å²) in [6, 6.07) is 0. The standard InChI is InChI=1S/C13H24N2O3/c1-4-9(2)13(3,18)8-15-12(17)10-5-6-14-11(16)7-10/h9-10,18H,4-8H2,1-3H3,(H,14,16)(H,15,17). The molecule has 2 amide bonds. The first-order chi connectivity index (χ1) is 8.36. The van der Waals surface area contributed by atoms with Crippen LogP contribution in [-0.4, -0.2) is 35.6 Å². The summed E-state index contributed by atoms with van der Waals surface area (Å²) in [7, 11) is 0. The molecule has 104 valence electrons. The Morgan fingerprint density at radius 1 is 1.67 bits per heavy atom. The molecule has 0 radical (unpaired) electrons. The molecule has 1 saturated heterocycles. The first kappa shape index (κ1) is 15.0. The van der Waals surface area contributed by atoms with Crippen LogP contribution in [0.25, 0.3) is 0 Å². The van der Waals surface area contributed by atoms with Crippen molar-refractivity contribution in [2.75, 3.05) is 13.1 Å². The van der Waals surface area contributed by atoms with Crippen LogP contribution in [0.2, 0.25) is 0 Å². The van der Waals surface area contributed by atoms with Crippen LogP contribution in [0, 0.1) is 11.8 Å². The van der Waals surface area contributed by atoms with E-state index in [9.17, 15) is 14.7 Å². The molecule has 18 heavy (non-hydrogen) atoms. The molecule has 3 N–H and O–H groups in total. The molecule has 0 aromatic heterocycles. The van der Waals surface area contributed by atoms with Crippen molar-refractivity contribution in [3.8, 4) is 0 Å². The van der Waals surface area contributed by atoms with Crippen molar-refractivity contribution in [3.63, 3.8) is 0 Å². The number of amides is 2. The maximum Gasteiger partial charge on any atom is 0.223 e. The second-order valence-electron chi connectivity index (χ2n) is 5.42. The van der Waals surface area contributed by atoms with E-state index < -0.39 is 5.60 Å². The maximum absolute atomic E-state index is 11.9. The van der Waals surface area contributed by atoms with Crippen molar-refractivity contribution < 1.29 is 14.7 Å². The van der Waals surface area contributed by atoms with E-state index in [0.29, 0.717) is 13.0 Å². The zero-order chi connectivity index (χ0) is 13.8. The lowest BCUT2D eigenvalue weighted by molar-refractivity contribution is -0.133. The van der Waals surface area contributed by atoms with Crippen LogP contribution in [0.15, 0.2) is 0 Å². The molecular formula is C13H24N2O3. The third-order valence-corrected chi connectivity index (χ3v) is 3.91. The first-order valence-corrected chi connectivity index (χ1v) is 6.63. The molecule has 0 aromatic rings. The van der Waals surface area contributed by atoms with Gasteiger partial charge in [-0.15, -0.1) is 0 Å². The highest BCUT2D eigenvalue weighted by atomic mass is 16.3. The Bertz CT molecular complexity index is 315. The van der Waals surface area contributed by atoms with E-state index in [-0.39, 0.29) is 36.6 Å². The Balaban J connectivity index is 2.43. The summed E-state index contributed by atoms with van der Waals surface area (Å²) in [6.45, 7) is 6.49. The number of piperidine rings is 1. The number of aliphatic hydroxyl groups is 1. The molecule has 0 spiro atoms. The van der Waals surface area contributed by atoms with Gasteiger partial charge >= 0.3 is 0 Å². The lowest BCUT2D eigenvalue weighted by Crippen LogP contribution is -2.48. The van der Waals surface area contributed by atoms with E-state index in [1.54, 1.807) is 6.92 Å². The van der Waals surface area contributed by atoms with Crippen molar-refractivity contribution in [1.82, 2.24) is 10.6 Å². The van der Waals surface area contributed by atoms with Crippen LogP contribution >= 0.6 is 0 Å².